The highest BCUT2D eigenvalue weighted by Crippen LogP contribution is 2.12. The van der Waals surface area contributed by atoms with Crippen molar-refractivity contribution in [2.45, 2.75) is 51.1 Å². The fourth-order valence-corrected chi connectivity index (χ4v) is 2.79. The molecule has 106 valence electrons. The molecule has 0 saturated carbocycles. The first-order valence-electron chi connectivity index (χ1n) is 7.46. The zero-order valence-corrected chi connectivity index (χ0v) is 11.8. The van der Waals surface area contributed by atoms with Crippen LogP contribution in [0.15, 0.2) is 24.3 Å². The summed E-state index contributed by atoms with van der Waals surface area (Å²) in [4.78, 5) is 0. The van der Waals surface area contributed by atoms with Crippen molar-refractivity contribution in [3.05, 3.63) is 35.6 Å². The molecule has 2 atom stereocenters. The summed E-state index contributed by atoms with van der Waals surface area (Å²) >= 11 is 0. The Balaban J connectivity index is 1.66. The fourth-order valence-electron chi connectivity index (χ4n) is 2.79. The van der Waals surface area contributed by atoms with Crippen molar-refractivity contribution in [3.63, 3.8) is 0 Å². The van der Waals surface area contributed by atoms with Gasteiger partial charge in [0.05, 0.1) is 0 Å². The number of piperidine rings is 1. The van der Waals surface area contributed by atoms with Gasteiger partial charge in [-0.05, 0) is 57.3 Å². The number of hydrogen-bond donors (Lipinski definition) is 2. The van der Waals surface area contributed by atoms with Crippen LogP contribution in [0.1, 0.15) is 38.2 Å². The average molecular weight is 264 g/mol. The molecular weight excluding hydrogens is 239 g/mol. The van der Waals surface area contributed by atoms with Crippen LogP contribution in [0.4, 0.5) is 4.39 Å². The van der Waals surface area contributed by atoms with Crippen molar-refractivity contribution in [3.8, 4) is 0 Å². The third kappa shape index (κ3) is 4.92. The third-order valence-electron chi connectivity index (χ3n) is 3.90. The lowest BCUT2D eigenvalue weighted by molar-refractivity contribution is 0.345. The van der Waals surface area contributed by atoms with Gasteiger partial charge in [0, 0.05) is 12.1 Å². The van der Waals surface area contributed by atoms with Crippen LogP contribution in [-0.4, -0.2) is 25.2 Å². The molecule has 2 unspecified atom stereocenters. The highest BCUT2D eigenvalue weighted by molar-refractivity contribution is 5.17. The summed E-state index contributed by atoms with van der Waals surface area (Å²) in [6.45, 7) is 4.22. The van der Waals surface area contributed by atoms with Gasteiger partial charge < -0.3 is 10.6 Å². The minimum absolute atomic E-state index is 0.0918. The Morgan fingerprint density at radius 2 is 2.21 bits per heavy atom. The van der Waals surface area contributed by atoms with Gasteiger partial charge in [0.25, 0.3) is 0 Å². The van der Waals surface area contributed by atoms with Crippen molar-refractivity contribution in [2.24, 2.45) is 0 Å². The minimum Gasteiger partial charge on any atom is -0.314 e. The van der Waals surface area contributed by atoms with Gasteiger partial charge in [-0.1, -0.05) is 24.6 Å². The van der Waals surface area contributed by atoms with E-state index in [1.807, 2.05) is 12.1 Å². The van der Waals surface area contributed by atoms with Gasteiger partial charge in [0.2, 0.25) is 0 Å². The molecule has 1 fully saturated rings. The maximum atomic E-state index is 13.4. The van der Waals surface area contributed by atoms with Gasteiger partial charge >= 0.3 is 0 Å². The summed E-state index contributed by atoms with van der Waals surface area (Å²) in [5.74, 6) is -0.0918. The average Bonchev–Trinajstić information content (AvgIpc) is 2.42. The van der Waals surface area contributed by atoms with Crippen LogP contribution >= 0.6 is 0 Å². The molecule has 1 aliphatic rings. The fraction of sp³-hybridized carbons (Fsp3) is 0.625. The molecule has 3 heteroatoms. The Morgan fingerprint density at radius 1 is 1.37 bits per heavy atom. The minimum atomic E-state index is -0.0918. The maximum Gasteiger partial charge on any atom is 0.126 e. The van der Waals surface area contributed by atoms with Gasteiger partial charge in [-0.25, -0.2) is 4.39 Å². The zero-order valence-electron chi connectivity index (χ0n) is 11.8. The molecule has 2 rings (SSSR count). The van der Waals surface area contributed by atoms with Crippen molar-refractivity contribution < 1.29 is 4.39 Å². The second-order valence-corrected chi connectivity index (χ2v) is 5.58. The second kappa shape index (κ2) is 7.61. The normalized spacial score (nSPS) is 21.3. The molecule has 0 radical (unpaired) electrons. The number of rotatable bonds is 6. The van der Waals surface area contributed by atoms with E-state index in [4.69, 9.17) is 0 Å². The molecule has 0 aromatic heterocycles. The van der Waals surface area contributed by atoms with E-state index in [-0.39, 0.29) is 5.82 Å². The van der Waals surface area contributed by atoms with Gasteiger partial charge in [0.1, 0.15) is 5.82 Å². The number of benzene rings is 1. The molecule has 0 amide bonds. The Morgan fingerprint density at radius 3 is 2.95 bits per heavy atom. The molecule has 2 N–H and O–H groups in total. The predicted molar refractivity (Wildman–Crippen MR) is 77.8 cm³/mol. The highest BCUT2D eigenvalue weighted by Gasteiger charge is 2.15. The monoisotopic (exact) mass is 264 g/mol. The number of halogens is 1. The van der Waals surface area contributed by atoms with E-state index in [2.05, 4.69) is 17.6 Å². The highest BCUT2D eigenvalue weighted by atomic mass is 19.1. The van der Waals surface area contributed by atoms with Gasteiger partial charge in [-0.3, -0.25) is 0 Å². The summed E-state index contributed by atoms with van der Waals surface area (Å²) < 4.78 is 13.4. The lowest BCUT2D eigenvalue weighted by Gasteiger charge is -2.26. The summed E-state index contributed by atoms with van der Waals surface area (Å²) in [7, 11) is 0. The van der Waals surface area contributed by atoms with Crippen LogP contribution in [0.3, 0.4) is 0 Å². The van der Waals surface area contributed by atoms with Crippen LogP contribution in [-0.2, 0) is 6.42 Å². The van der Waals surface area contributed by atoms with E-state index in [1.165, 1.54) is 25.3 Å². The quantitative estimate of drug-likeness (QED) is 0.825. The maximum absolute atomic E-state index is 13.4. The number of hydrogen-bond acceptors (Lipinski definition) is 2. The Kier molecular flexibility index (Phi) is 5.80. The van der Waals surface area contributed by atoms with Crippen molar-refractivity contribution in [1.29, 1.82) is 0 Å². The Bertz CT molecular complexity index is 375. The summed E-state index contributed by atoms with van der Waals surface area (Å²) in [6.07, 6.45) is 5.87. The van der Waals surface area contributed by atoms with E-state index >= 15 is 0 Å². The van der Waals surface area contributed by atoms with Gasteiger partial charge in [0.15, 0.2) is 0 Å². The van der Waals surface area contributed by atoms with Gasteiger partial charge in [-0.15, -0.1) is 0 Å². The Hall–Kier alpha value is -0.930. The smallest absolute Gasteiger partial charge is 0.126 e. The molecule has 2 nitrogen and oxygen atoms in total. The van der Waals surface area contributed by atoms with Crippen LogP contribution in [0.5, 0.6) is 0 Å². The van der Waals surface area contributed by atoms with Crippen molar-refractivity contribution >= 4 is 0 Å². The molecule has 1 saturated heterocycles. The third-order valence-corrected chi connectivity index (χ3v) is 3.90. The predicted octanol–water partition coefficient (Wildman–Crippen LogP) is 2.88. The molecule has 19 heavy (non-hydrogen) atoms. The number of nitrogens with one attached hydrogen (secondary N) is 2. The standard InChI is InChI=1S/C16H25FN2/c1-13(12-15-7-4-5-10-19-15)18-11-9-14-6-2-3-8-16(14)17/h2-3,6,8,13,15,18-19H,4-5,7,9-12H2,1H3. The van der Waals surface area contributed by atoms with Crippen LogP contribution in [0.25, 0.3) is 0 Å². The summed E-state index contributed by atoms with van der Waals surface area (Å²) in [5, 5.41) is 7.07. The molecule has 1 heterocycles. The van der Waals surface area contributed by atoms with E-state index < -0.39 is 0 Å². The van der Waals surface area contributed by atoms with E-state index in [1.54, 1.807) is 6.07 Å². The second-order valence-electron chi connectivity index (χ2n) is 5.58. The SMILES string of the molecule is CC(CC1CCCCN1)NCCc1ccccc1F. The molecular formula is C16H25FN2. The molecule has 1 aliphatic heterocycles. The lowest BCUT2D eigenvalue weighted by atomic mass is 9.99. The Labute approximate surface area is 115 Å². The first-order valence-corrected chi connectivity index (χ1v) is 7.46. The first-order chi connectivity index (χ1) is 9.25. The topological polar surface area (TPSA) is 24.1 Å². The van der Waals surface area contributed by atoms with E-state index in [9.17, 15) is 4.39 Å². The van der Waals surface area contributed by atoms with E-state index in [0.29, 0.717) is 12.1 Å². The summed E-state index contributed by atoms with van der Waals surface area (Å²) in [6, 6.07) is 8.18. The van der Waals surface area contributed by atoms with Crippen LogP contribution < -0.4 is 10.6 Å². The van der Waals surface area contributed by atoms with Crippen LogP contribution in [0, 0.1) is 5.82 Å². The van der Waals surface area contributed by atoms with Crippen LogP contribution in [0.2, 0.25) is 0 Å². The zero-order chi connectivity index (χ0) is 13.5. The molecule has 0 spiro atoms. The molecule has 0 aliphatic carbocycles. The molecule has 0 bridgehead atoms. The van der Waals surface area contributed by atoms with Gasteiger partial charge in [-0.2, -0.15) is 0 Å². The van der Waals surface area contributed by atoms with Crippen molar-refractivity contribution in [2.75, 3.05) is 13.1 Å². The first kappa shape index (κ1) is 14.5. The lowest BCUT2D eigenvalue weighted by Crippen LogP contribution is -2.40. The molecule has 1 aromatic carbocycles. The van der Waals surface area contributed by atoms with Crippen molar-refractivity contribution in [1.82, 2.24) is 10.6 Å². The van der Waals surface area contributed by atoms with E-state index in [0.717, 1.165) is 31.5 Å². The largest absolute Gasteiger partial charge is 0.314 e. The summed E-state index contributed by atoms with van der Waals surface area (Å²) in [5.41, 5.74) is 0.804. The molecule has 1 aromatic rings.